The number of hydrogen-bond donors (Lipinski definition) is 2. The molecule has 0 aliphatic heterocycles. The van der Waals surface area contributed by atoms with Crippen LogP contribution in [0, 0.1) is 0 Å². The molecule has 0 atom stereocenters. The maximum Gasteiger partial charge on any atom is 0.224 e. The van der Waals surface area contributed by atoms with Crippen LogP contribution in [0.2, 0.25) is 0 Å². The van der Waals surface area contributed by atoms with Crippen molar-refractivity contribution in [2.24, 2.45) is 0 Å². The third-order valence-corrected chi connectivity index (χ3v) is 4.31. The summed E-state index contributed by atoms with van der Waals surface area (Å²) in [6.45, 7) is 0. The molecule has 1 saturated carbocycles. The largest absolute Gasteiger partial charge is 0.353 e. The maximum atomic E-state index is 12.0. The van der Waals surface area contributed by atoms with Gasteiger partial charge in [-0.05, 0) is 50.4 Å². The van der Waals surface area contributed by atoms with Gasteiger partial charge in [0.15, 0.2) is 0 Å². The molecule has 19 heavy (non-hydrogen) atoms. The molecule has 0 saturated heterocycles. The van der Waals surface area contributed by atoms with Gasteiger partial charge in [-0.1, -0.05) is 28.1 Å². The number of hydrogen-bond acceptors (Lipinski definition) is 2. The Morgan fingerprint density at radius 2 is 1.74 bits per heavy atom. The lowest BCUT2D eigenvalue weighted by molar-refractivity contribution is -0.121. The van der Waals surface area contributed by atoms with E-state index >= 15 is 0 Å². The number of carbonyl (C=O) groups excluding carboxylic acids is 1. The fourth-order valence-corrected chi connectivity index (χ4v) is 2.86. The van der Waals surface area contributed by atoms with E-state index in [1.165, 1.54) is 0 Å². The van der Waals surface area contributed by atoms with Gasteiger partial charge in [0.2, 0.25) is 5.91 Å². The van der Waals surface area contributed by atoms with E-state index in [0.29, 0.717) is 18.5 Å². The molecule has 1 amide bonds. The van der Waals surface area contributed by atoms with Crippen LogP contribution >= 0.6 is 15.9 Å². The summed E-state index contributed by atoms with van der Waals surface area (Å²) in [5.41, 5.74) is 1.06. The minimum absolute atomic E-state index is 0.134. The van der Waals surface area contributed by atoms with Gasteiger partial charge in [-0.3, -0.25) is 4.79 Å². The molecule has 0 heterocycles. The number of amides is 1. The third-order valence-electron chi connectivity index (χ3n) is 3.78. The first-order valence-corrected chi connectivity index (χ1v) is 7.67. The van der Waals surface area contributed by atoms with Crippen molar-refractivity contribution in [3.63, 3.8) is 0 Å². The van der Waals surface area contributed by atoms with Crippen LogP contribution in [0.1, 0.15) is 31.2 Å². The van der Waals surface area contributed by atoms with E-state index in [0.717, 1.165) is 35.7 Å². The highest BCUT2D eigenvalue weighted by Crippen LogP contribution is 2.18. The standard InChI is InChI=1S/C15H21BrN2O/c1-17-13-6-8-14(9-7-13)18-15(19)10-11-2-4-12(16)5-3-11/h2-5,13-14,17H,6-10H2,1H3,(H,18,19). The summed E-state index contributed by atoms with van der Waals surface area (Å²) in [4.78, 5) is 12.0. The van der Waals surface area contributed by atoms with E-state index in [-0.39, 0.29) is 5.91 Å². The van der Waals surface area contributed by atoms with Crippen molar-refractivity contribution in [2.45, 2.75) is 44.2 Å². The predicted molar refractivity (Wildman–Crippen MR) is 81.1 cm³/mol. The Balaban J connectivity index is 1.77. The Hall–Kier alpha value is -0.870. The predicted octanol–water partition coefficient (Wildman–Crippen LogP) is 2.64. The average molecular weight is 325 g/mol. The van der Waals surface area contributed by atoms with E-state index in [2.05, 4.69) is 26.6 Å². The van der Waals surface area contributed by atoms with Crippen LogP contribution in [0.4, 0.5) is 0 Å². The zero-order valence-corrected chi connectivity index (χ0v) is 12.9. The lowest BCUT2D eigenvalue weighted by atomic mass is 9.91. The van der Waals surface area contributed by atoms with Crippen LogP contribution in [0.25, 0.3) is 0 Å². The molecule has 0 spiro atoms. The van der Waals surface area contributed by atoms with Crippen LogP contribution in [-0.2, 0) is 11.2 Å². The lowest BCUT2D eigenvalue weighted by Crippen LogP contribution is -2.41. The minimum Gasteiger partial charge on any atom is -0.353 e. The molecule has 104 valence electrons. The molecule has 0 bridgehead atoms. The Labute approximate surface area is 123 Å². The quantitative estimate of drug-likeness (QED) is 0.894. The van der Waals surface area contributed by atoms with Gasteiger partial charge in [0.1, 0.15) is 0 Å². The summed E-state index contributed by atoms with van der Waals surface area (Å²) in [5.74, 6) is 0.134. The summed E-state index contributed by atoms with van der Waals surface area (Å²) in [6.07, 6.45) is 4.94. The van der Waals surface area contributed by atoms with Crippen LogP contribution in [0.5, 0.6) is 0 Å². The normalized spacial score (nSPS) is 23.1. The van der Waals surface area contributed by atoms with Gasteiger partial charge < -0.3 is 10.6 Å². The Bertz CT molecular complexity index is 411. The number of carbonyl (C=O) groups is 1. The summed E-state index contributed by atoms with van der Waals surface area (Å²) in [6, 6.07) is 8.90. The van der Waals surface area contributed by atoms with E-state index < -0.39 is 0 Å². The first kappa shape index (κ1) is 14.5. The molecule has 1 aliphatic carbocycles. The summed E-state index contributed by atoms with van der Waals surface area (Å²) >= 11 is 3.40. The topological polar surface area (TPSA) is 41.1 Å². The molecule has 1 aliphatic rings. The first-order valence-electron chi connectivity index (χ1n) is 6.88. The van der Waals surface area contributed by atoms with Crippen molar-refractivity contribution in [3.05, 3.63) is 34.3 Å². The number of nitrogens with one attached hydrogen (secondary N) is 2. The molecular weight excluding hydrogens is 304 g/mol. The van der Waals surface area contributed by atoms with Gasteiger partial charge in [-0.25, -0.2) is 0 Å². The number of rotatable bonds is 4. The molecule has 3 nitrogen and oxygen atoms in total. The first-order chi connectivity index (χ1) is 9.17. The second kappa shape index (κ2) is 7.06. The molecule has 2 N–H and O–H groups in total. The maximum absolute atomic E-state index is 12.0. The van der Waals surface area contributed by atoms with E-state index in [1.807, 2.05) is 31.3 Å². The highest BCUT2D eigenvalue weighted by atomic mass is 79.9. The van der Waals surface area contributed by atoms with Gasteiger partial charge >= 0.3 is 0 Å². The van der Waals surface area contributed by atoms with Crippen LogP contribution in [-0.4, -0.2) is 25.0 Å². The highest BCUT2D eigenvalue weighted by molar-refractivity contribution is 9.10. The van der Waals surface area contributed by atoms with Crippen molar-refractivity contribution in [3.8, 4) is 0 Å². The number of halogens is 1. The van der Waals surface area contributed by atoms with Gasteiger partial charge in [0.25, 0.3) is 0 Å². The fourth-order valence-electron chi connectivity index (χ4n) is 2.59. The SMILES string of the molecule is CNC1CCC(NC(=O)Cc2ccc(Br)cc2)CC1. The molecule has 1 aromatic rings. The van der Waals surface area contributed by atoms with E-state index in [1.54, 1.807) is 0 Å². The van der Waals surface area contributed by atoms with Crippen molar-refractivity contribution in [1.82, 2.24) is 10.6 Å². The zero-order valence-electron chi connectivity index (χ0n) is 11.3. The Morgan fingerprint density at radius 1 is 1.16 bits per heavy atom. The molecule has 1 aromatic carbocycles. The molecule has 0 aromatic heterocycles. The van der Waals surface area contributed by atoms with Crippen LogP contribution in [0.15, 0.2) is 28.7 Å². The summed E-state index contributed by atoms with van der Waals surface area (Å²) in [5, 5.41) is 6.45. The van der Waals surface area contributed by atoms with E-state index in [4.69, 9.17) is 0 Å². The van der Waals surface area contributed by atoms with Crippen LogP contribution < -0.4 is 10.6 Å². The fraction of sp³-hybridized carbons (Fsp3) is 0.533. The van der Waals surface area contributed by atoms with Crippen molar-refractivity contribution in [2.75, 3.05) is 7.05 Å². The minimum atomic E-state index is 0.134. The molecular formula is C15H21BrN2O. The molecule has 4 heteroatoms. The van der Waals surface area contributed by atoms with Crippen molar-refractivity contribution >= 4 is 21.8 Å². The van der Waals surface area contributed by atoms with E-state index in [9.17, 15) is 4.79 Å². The van der Waals surface area contributed by atoms with Crippen molar-refractivity contribution < 1.29 is 4.79 Å². The molecule has 0 radical (unpaired) electrons. The zero-order chi connectivity index (χ0) is 13.7. The average Bonchev–Trinajstić information content (AvgIpc) is 2.42. The molecule has 0 unspecified atom stereocenters. The second-order valence-electron chi connectivity index (χ2n) is 5.21. The third kappa shape index (κ3) is 4.62. The van der Waals surface area contributed by atoms with Gasteiger partial charge in [-0.15, -0.1) is 0 Å². The highest BCUT2D eigenvalue weighted by Gasteiger charge is 2.21. The summed E-state index contributed by atoms with van der Waals surface area (Å²) < 4.78 is 1.04. The summed E-state index contributed by atoms with van der Waals surface area (Å²) in [7, 11) is 2.01. The van der Waals surface area contributed by atoms with Gasteiger partial charge in [0, 0.05) is 16.6 Å². The van der Waals surface area contributed by atoms with Gasteiger partial charge in [-0.2, -0.15) is 0 Å². The lowest BCUT2D eigenvalue weighted by Gasteiger charge is -2.28. The molecule has 1 fully saturated rings. The molecule has 2 rings (SSSR count). The van der Waals surface area contributed by atoms with Gasteiger partial charge in [0.05, 0.1) is 6.42 Å². The Morgan fingerprint density at radius 3 is 2.32 bits per heavy atom. The Kier molecular flexibility index (Phi) is 5.40. The monoisotopic (exact) mass is 324 g/mol. The smallest absolute Gasteiger partial charge is 0.224 e. The second-order valence-corrected chi connectivity index (χ2v) is 6.12. The van der Waals surface area contributed by atoms with Crippen LogP contribution in [0.3, 0.4) is 0 Å². The number of benzene rings is 1. The van der Waals surface area contributed by atoms with Crippen molar-refractivity contribution in [1.29, 1.82) is 0 Å².